The predicted octanol–water partition coefficient (Wildman–Crippen LogP) is 4.82. The molecular formula is C28H30N4O2. The molecule has 0 aromatic heterocycles. The standard InChI is InChI=1S/C28H30N4O2/c1-4-15-29-27(33)21-13-14-24-23(17-21)25(28(34)31-24)26(20-10-6-5-7-11-20)30-22-12-8-9-19(16-22)18-32(2)3/h5-14,16-17,30H,4,15,18H2,1-3H3,(H,29,33)(H,31,34)/b26-25-. The highest BCUT2D eigenvalue weighted by molar-refractivity contribution is 6.37. The first-order valence-corrected chi connectivity index (χ1v) is 11.5. The van der Waals surface area contributed by atoms with Crippen LogP contribution in [-0.4, -0.2) is 37.4 Å². The van der Waals surface area contributed by atoms with E-state index in [4.69, 9.17) is 0 Å². The Hall–Kier alpha value is -3.90. The second-order valence-electron chi connectivity index (χ2n) is 8.65. The largest absolute Gasteiger partial charge is 0.354 e. The highest BCUT2D eigenvalue weighted by Gasteiger charge is 2.29. The molecule has 0 saturated heterocycles. The zero-order valence-corrected chi connectivity index (χ0v) is 19.8. The van der Waals surface area contributed by atoms with Crippen LogP contribution in [0.15, 0.2) is 72.8 Å². The van der Waals surface area contributed by atoms with Gasteiger partial charge in [-0.05, 0) is 62.0 Å². The third-order valence-corrected chi connectivity index (χ3v) is 5.57. The maximum Gasteiger partial charge on any atom is 0.258 e. The monoisotopic (exact) mass is 454 g/mol. The summed E-state index contributed by atoms with van der Waals surface area (Å²) in [6.07, 6.45) is 0.858. The van der Waals surface area contributed by atoms with Crippen LogP contribution >= 0.6 is 0 Å². The van der Waals surface area contributed by atoms with Crippen molar-refractivity contribution >= 4 is 34.5 Å². The molecule has 0 unspecified atom stereocenters. The molecule has 0 saturated carbocycles. The maximum absolute atomic E-state index is 13.2. The normalized spacial score (nSPS) is 13.9. The first-order valence-electron chi connectivity index (χ1n) is 11.5. The van der Waals surface area contributed by atoms with Crippen LogP contribution in [0.3, 0.4) is 0 Å². The molecule has 0 bridgehead atoms. The van der Waals surface area contributed by atoms with Crippen molar-refractivity contribution in [2.75, 3.05) is 31.3 Å². The molecule has 1 heterocycles. The summed E-state index contributed by atoms with van der Waals surface area (Å²) in [4.78, 5) is 27.9. The van der Waals surface area contributed by atoms with Crippen LogP contribution in [0.1, 0.15) is 40.4 Å². The van der Waals surface area contributed by atoms with Gasteiger partial charge in [-0.2, -0.15) is 0 Å². The van der Waals surface area contributed by atoms with E-state index in [9.17, 15) is 9.59 Å². The molecule has 1 aliphatic rings. The van der Waals surface area contributed by atoms with E-state index >= 15 is 0 Å². The van der Waals surface area contributed by atoms with Crippen molar-refractivity contribution in [2.24, 2.45) is 0 Å². The van der Waals surface area contributed by atoms with Gasteiger partial charge in [-0.25, -0.2) is 0 Å². The molecule has 0 radical (unpaired) electrons. The Bertz CT molecular complexity index is 1230. The van der Waals surface area contributed by atoms with E-state index in [1.807, 2.05) is 63.5 Å². The minimum absolute atomic E-state index is 0.144. The summed E-state index contributed by atoms with van der Waals surface area (Å²) in [5, 5.41) is 9.37. The van der Waals surface area contributed by atoms with Crippen molar-refractivity contribution in [1.82, 2.24) is 10.2 Å². The zero-order chi connectivity index (χ0) is 24.1. The van der Waals surface area contributed by atoms with E-state index in [1.165, 1.54) is 5.56 Å². The number of amides is 2. The van der Waals surface area contributed by atoms with Gasteiger partial charge >= 0.3 is 0 Å². The van der Waals surface area contributed by atoms with Gasteiger partial charge in [-0.3, -0.25) is 9.59 Å². The number of benzene rings is 3. The number of carbonyl (C=O) groups excluding carboxylic acids is 2. The summed E-state index contributed by atoms with van der Waals surface area (Å²) >= 11 is 0. The minimum Gasteiger partial charge on any atom is -0.354 e. The molecule has 4 rings (SSSR count). The summed E-state index contributed by atoms with van der Waals surface area (Å²) < 4.78 is 0. The Morgan fingerprint density at radius 1 is 0.941 bits per heavy atom. The Morgan fingerprint density at radius 2 is 1.74 bits per heavy atom. The van der Waals surface area contributed by atoms with Crippen molar-refractivity contribution in [3.8, 4) is 0 Å². The lowest BCUT2D eigenvalue weighted by Crippen LogP contribution is -2.23. The van der Waals surface area contributed by atoms with Crippen molar-refractivity contribution in [1.29, 1.82) is 0 Å². The molecule has 6 heteroatoms. The first-order chi connectivity index (χ1) is 16.5. The van der Waals surface area contributed by atoms with Crippen LogP contribution in [-0.2, 0) is 11.3 Å². The quantitative estimate of drug-likeness (QED) is 0.427. The molecule has 3 aromatic rings. The fraction of sp³-hybridized carbons (Fsp3) is 0.214. The average molecular weight is 455 g/mol. The number of hydrogen-bond acceptors (Lipinski definition) is 4. The lowest BCUT2D eigenvalue weighted by molar-refractivity contribution is -0.110. The molecule has 6 nitrogen and oxygen atoms in total. The van der Waals surface area contributed by atoms with Crippen molar-refractivity contribution < 1.29 is 9.59 Å². The number of nitrogens with zero attached hydrogens (tertiary/aromatic N) is 1. The van der Waals surface area contributed by atoms with Gasteiger partial charge in [0.05, 0.1) is 11.3 Å². The van der Waals surface area contributed by atoms with Crippen LogP contribution in [0.25, 0.3) is 11.3 Å². The van der Waals surface area contributed by atoms with Gasteiger partial charge in [0.2, 0.25) is 0 Å². The summed E-state index contributed by atoms with van der Waals surface area (Å²) in [5.41, 5.74) is 6.10. The van der Waals surface area contributed by atoms with Crippen LogP contribution < -0.4 is 16.0 Å². The van der Waals surface area contributed by atoms with Gasteiger partial charge in [0, 0.05) is 35.6 Å². The second kappa shape index (κ2) is 10.4. The Balaban J connectivity index is 1.81. The number of carbonyl (C=O) groups is 2. The predicted molar refractivity (Wildman–Crippen MR) is 138 cm³/mol. The van der Waals surface area contributed by atoms with Crippen LogP contribution in [0.5, 0.6) is 0 Å². The number of nitrogens with one attached hydrogen (secondary N) is 3. The molecule has 3 N–H and O–H groups in total. The van der Waals surface area contributed by atoms with Gasteiger partial charge in [-0.15, -0.1) is 0 Å². The maximum atomic E-state index is 13.2. The third kappa shape index (κ3) is 5.18. The molecular weight excluding hydrogens is 424 g/mol. The summed E-state index contributed by atoms with van der Waals surface area (Å²) in [6, 6.07) is 23.3. The molecule has 0 spiro atoms. The molecule has 1 aliphatic heterocycles. The van der Waals surface area contributed by atoms with E-state index in [0.717, 1.165) is 24.2 Å². The van der Waals surface area contributed by atoms with Crippen LogP contribution in [0.4, 0.5) is 11.4 Å². The SMILES string of the molecule is CCCNC(=O)c1ccc2c(c1)/C(=C(/Nc1cccc(CN(C)C)c1)c1ccccc1)C(=O)N2. The van der Waals surface area contributed by atoms with Crippen LogP contribution in [0.2, 0.25) is 0 Å². The lowest BCUT2D eigenvalue weighted by atomic mass is 9.98. The number of rotatable bonds is 8. The summed E-state index contributed by atoms with van der Waals surface area (Å²) in [7, 11) is 4.07. The lowest BCUT2D eigenvalue weighted by Gasteiger charge is -2.16. The van der Waals surface area contributed by atoms with E-state index in [-0.39, 0.29) is 11.8 Å². The Labute approximate surface area is 200 Å². The minimum atomic E-state index is -0.197. The topological polar surface area (TPSA) is 73.5 Å². The molecule has 0 aliphatic carbocycles. The molecule has 2 amide bonds. The van der Waals surface area contributed by atoms with Crippen molar-refractivity contribution in [3.05, 3.63) is 95.1 Å². The van der Waals surface area contributed by atoms with E-state index < -0.39 is 0 Å². The number of hydrogen-bond donors (Lipinski definition) is 3. The molecule has 174 valence electrons. The third-order valence-electron chi connectivity index (χ3n) is 5.57. The van der Waals surface area contributed by atoms with Crippen molar-refractivity contribution in [2.45, 2.75) is 19.9 Å². The highest BCUT2D eigenvalue weighted by atomic mass is 16.2. The van der Waals surface area contributed by atoms with Gasteiger partial charge in [0.15, 0.2) is 0 Å². The van der Waals surface area contributed by atoms with Gasteiger partial charge in [-0.1, -0.05) is 49.4 Å². The highest BCUT2D eigenvalue weighted by Crippen LogP contribution is 2.38. The summed E-state index contributed by atoms with van der Waals surface area (Å²) in [6.45, 7) is 3.43. The first kappa shape index (κ1) is 23.3. The fourth-order valence-corrected chi connectivity index (χ4v) is 4.04. The molecule has 0 fully saturated rings. The van der Waals surface area contributed by atoms with E-state index in [2.05, 4.69) is 33.0 Å². The molecule has 0 atom stereocenters. The zero-order valence-electron chi connectivity index (χ0n) is 19.8. The summed E-state index contributed by atoms with van der Waals surface area (Å²) in [5.74, 6) is -0.342. The number of fused-ring (bicyclic) bond motifs is 1. The van der Waals surface area contributed by atoms with Gasteiger partial charge < -0.3 is 20.9 Å². The van der Waals surface area contributed by atoms with E-state index in [1.54, 1.807) is 18.2 Å². The Morgan fingerprint density at radius 3 is 2.47 bits per heavy atom. The smallest absolute Gasteiger partial charge is 0.258 e. The van der Waals surface area contributed by atoms with Gasteiger partial charge in [0.1, 0.15) is 0 Å². The average Bonchev–Trinajstić information content (AvgIpc) is 3.16. The fourth-order valence-electron chi connectivity index (χ4n) is 4.04. The Kier molecular flexibility index (Phi) is 7.09. The van der Waals surface area contributed by atoms with Crippen LogP contribution in [0, 0.1) is 0 Å². The van der Waals surface area contributed by atoms with Gasteiger partial charge in [0.25, 0.3) is 11.8 Å². The molecule has 3 aromatic carbocycles. The second-order valence-corrected chi connectivity index (χ2v) is 8.65. The number of anilines is 2. The van der Waals surface area contributed by atoms with E-state index in [0.29, 0.717) is 34.6 Å². The van der Waals surface area contributed by atoms with Crippen molar-refractivity contribution in [3.63, 3.8) is 0 Å². The molecule has 34 heavy (non-hydrogen) atoms.